The van der Waals surface area contributed by atoms with Crippen LogP contribution >= 0.6 is 0 Å². The Labute approximate surface area is 130 Å². The Bertz CT molecular complexity index is 602. The molecule has 0 aliphatic carbocycles. The van der Waals surface area contributed by atoms with E-state index in [4.69, 9.17) is 10.5 Å². The molecule has 118 valence electrons. The van der Waals surface area contributed by atoms with Gasteiger partial charge in [-0.2, -0.15) is 4.98 Å². The molecule has 1 heterocycles. The summed E-state index contributed by atoms with van der Waals surface area (Å²) in [5.41, 5.74) is 7.71. The Balaban J connectivity index is 1.83. The molecular formula is C16H22N4O2. The molecule has 0 unspecified atom stereocenters. The molecule has 0 fully saturated rings. The van der Waals surface area contributed by atoms with Crippen molar-refractivity contribution in [1.29, 1.82) is 0 Å². The van der Waals surface area contributed by atoms with Crippen LogP contribution in [0.3, 0.4) is 0 Å². The second-order valence-electron chi connectivity index (χ2n) is 5.11. The van der Waals surface area contributed by atoms with Crippen molar-refractivity contribution >= 4 is 11.8 Å². The Hall–Kier alpha value is -2.34. The molecule has 6 heteroatoms. The average molecular weight is 302 g/mol. The van der Waals surface area contributed by atoms with E-state index in [9.17, 15) is 5.11 Å². The van der Waals surface area contributed by atoms with Crippen molar-refractivity contribution in [1.82, 2.24) is 9.97 Å². The van der Waals surface area contributed by atoms with E-state index in [0.717, 1.165) is 17.7 Å². The van der Waals surface area contributed by atoms with Gasteiger partial charge in [-0.15, -0.1) is 0 Å². The van der Waals surface area contributed by atoms with Crippen molar-refractivity contribution in [2.45, 2.75) is 26.4 Å². The van der Waals surface area contributed by atoms with E-state index in [1.807, 2.05) is 38.1 Å². The van der Waals surface area contributed by atoms with E-state index in [-0.39, 0.29) is 12.6 Å². The Kier molecular flexibility index (Phi) is 5.55. The Morgan fingerprint density at radius 2 is 2.05 bits per heavy atom. The SMILES string of the molecule is CCc1cnc(N)nc1NC[C@H](O)COc1ccc(C)cc1. The predicted molar refractivity (Wildman–Crippen MR) is 87.0 cm³/mol. The van der Waals surface area contributed by atoms with Crippen LogP contribution in [0.15, 0.2) is 30.5 Å². The van der Waals surface area contributed by atoms with Crippen LogP contribution in [0.5, 0.6) is 5.75 Å². The van der Waals surface area contributed by atoms with Crippen LogP contribution in [0.2, 0.25) is 0 Å². The number of aryl methyl sites for hydroxylation is 2. The normalized spacial score (nSPS) is 12.0. The number of aliphatic hydroxyl groups is 1. The highest BCUT2D eigenvalue weighted by atomic mass is 16.5. The lowest BCUT2D eigenvalue weighted by Gasteiger charge is -2.15. The number of anilines is 2. The molecule has 0 amide bonds. The molecule has 4 N–H and O–H groups in total. The van der Waals surface area contributed by atoms with Gasteiger partial charge in [0.15, 0.2) is 0 Å². The summed E-state index contributed by atoms with van der Waals surface area (Å²) in [7, 11) is 0. The van der Waals surface area contributed by atoms with Crippen LogP contribution in [0.1, 0.15) is 18.1 Å². The van der Waals surface area contributed by atoms with Crippen LogP contribution in [0.25, 0.3) is 0 Å². The number of aromatic nitrogens is 2. The largest absolute Gasteiger partial charge is 0.491 e. The van der Waals surface area contributed by atoms with Gasteiger partial charge in [-0.3, -0.25) is 0 Å². The molecule has 0 saturated heterocycles. The zero-order chi connectivity index (χ0) is 15.9. The minimum Gasteiger partial charge on any atom is -0.491 e. The molecule has 22 heavy (non-hydrogen) atoms. The summed E-state index contributed by atoms with van der Waals surface area (Å²) in [4.78, 5) is 8.11. The van der Waals surface area contributed by atoms with Gasteiger partial charge in [0.05, 0.1) is 0 Å². The first kappa shape index (κ1) is 16.0. The highest BCUT2D eigenvalue weighted by molar-refractivity contribution is 5.46. The maximum atomic E-state index is 10.00. The molecule has 0 aliphatic heterocycles. The van der Waals surface area contributed by atoms with Gasteiger partial charge in [0.2, 0.25) is 5.95 Å². The van der Waals surface area contributed by atoms with Gasteiger partial charge in [0.1, 0.15) is 24.3 Å². The van der Waals surface area contributed by atoms with Crippen LogP contribution < -0.4 is 15.8 Å². The highest BCUT2D eigenvalue weighted by Gasteiger charge is 2.09. The number of rotatable bonds is 7. The molecule has 0 spiro atoms. The number of ether oxygens (including phenoxy) is 1. The Morgan fingerprint density at radius 1 is 1.32 bits per heavy atom. The summed E-state index contributed by atoms with van der Waals surface area (Å²) < 4.78 is 5.54. The molecule has 0 bridgehead atoms. The first-order chi connectivity index (χ1) is 10.6. The molecule has 1 atom stereocenters. The smallest absolute Gasteiger partial charge is 0.221 e. The minimum atomic E-state index is -0.651. The predicted octanol–water partition coefficient (Wildman–Crippen LogP) is 1.78. The van der Waals surface area contributed by atoms with Crippen LogP contribution in [0.4, 0.5) is 11.8 Å². The quantitative estimate of drug-likeness (QED) is 0.722. The maximum absolute atomic E-state index is 10.00. The number of nitrogen functional groups attached to an aromatic ring is 1. The highest BCUT2D eigenvalue weighted by Crippen LogP contribution is 2.14. The fourth-order valence-corrected chi connectivity index (χ4v) is 1.93. The van der Waals surface area contributed by atoms with E-state index >= 15 is 0 Å². The lowest BCUT2D eigenvalue weighted by atomic mass is 10.2. The molecule has 2 rings (SSSR count). The first-order valence-corrected chi connectivity index (χ1v) is 7.31. The summed E-state index contributed by atoms with van der Waals surface area (Å²) in [6, 6.07) is 7.71. The molecule has 1 aromatic carbocycles. The fraction of sp³-hybridized carbons (Fsp3) is 0.375. The summed E-state index contributed by atoms with van der Waals surface area (Å²) in [5, 5.41) is 13.1. The van der Waals surface area contributed by atoms with Gasteiger partial charge in [0.25, 0.3) is 0 Å². The second-order valence-corrected chi connectivity index (χ2v) is 5.11. The van der Waals surface area contributed by atoms with Crippen molar-refractivity contribution in [2.24, 2.45) is 0 Å². The monoisotopic (exact) mass is 302 g/mol. The molecule has 6 nitrogen and oxygen atoms in total. The van der Waals surface area contributed by atoms with Crippen molar-refractivity contribution in [3.8, 4) is 5.75 Å². The molecule has 0 aliphatic rings. The third kappa shape index (κ3) is 4.60. The number of nitrogens with zero attached hydrogens (tertiary/aromatic N) is 2. The van der Waals surface area contributed by atoms with Gasteiger partial charge >= 0.3 is 0 Å². The third-order valence-corrected chi connectivity index (χ3v) is 3.23. The Morgan fingerprint density at radius 3 is 2.73 bits per heavy atom. The summed E-state index contributed by atoms with van der Waals surface area (Å²) in [6.45, 7) is 4.56. The number of nitrogens with two attached hydrogens (primary N) is 1. The van der Waals surface area contributed by atoms with Gasteiger partial charge in [-0.05, 0) is 25.5 Å². The number of benzene rings is 1. The lowest BCUT2D eigenvalue weighted by molar-refractivity contribution is 0.117. The van der Waals surface area contributed by atoms with Crippen LogP contribution in [0, 0.1) is 6.92 Å². The van der Waals surface area contributed by atoms with E-state index in [0.29, 0.717) is 12.4 Å². The minimum absolute atomic E-state index is 0.206. The van der Waals surface area contributed by atoms with Gasteiger partial charge < -0.3 is 20.9 Å². The van der Waals surface area contributed by atoms with Crippen molar-refractivity contribution < 1.29 is 9.84 Å². The lowest BCUT2D eigenvalue weighted by Crippen LogP contribution is -2.27. The average Bonchev–Trinajstić information content (AvgIpc) is 2.52. The molecule has 1 aromatic heterocycles. The zero-order valence-electron chi connectivity index (χ0n) is 12.9. The van der Waals surface area contributed by atoms with Crippen LogP contribution in [-0.4, -0.2) is 34.3 Å². The number of nitrogens with one attached hydrogen (secondary N) is 1. The van der Waals surface area contributed by atoms with E-state index in [2.05, 4.69) is 15.3 Å². The van der Waals surface area contributed by atoms with E-state index in [1.54, 1.807) is 6.20 Å². The first-order valence-electron chi connectivity index (χ1n) is 7.31. The van der Waals surface area contributed by atoms with E-state index < -0.39 is 6.10 Å². The van der Waals surface area contributed by atoms with Crippen molar-refractivity contribution in [3.63, 3.8) is 0 Å². The molecule has 0 saturated carbocycles. The zero-order valence-corrected chi connectivity index (χ0v) is 12.9. The van der Waals surface area contributed by atoms with Gasteiger partial charge in [-0.1, -0.05) is 24.6 Å². The van der Waals surface area contributed by atoms with Gasteiger partial charge in [0, 0.05) is 18.3 Å². The van der Waals surface area contributed by atoms with Gasteiger partial charge in [-0.25, -0.2) is 4.98 Å². The van der Waals surface area contributed by atoms with Crippen LogP contribution in [-0.2, 0) is 6.42 Å². The number of hydrogen-bond acceptors (Lipinski definition) is 6. The van der Waals surface area contributed by atoms with E-state index in [1.165, 1.54) is 5.56 Å². The number of aliphatic hydroxyl groups excluding tert-OH is 1. The number of hydrogen-bond donors (Lipinski definition) is 3. The second kappa shape index (κ2) is 7.61. The summed E-state index contributed by atoms with van der Waals surface area (Å²) in [5.74, 6) is 1.61. The maximum Gasteiger partial charge on any atom is 0.221 e. The summed E-state index contributed by atoms with van der Waals surface area (Å²) in [6.07, 6.45) is 1.83. The summed E-state index contributed by atoms with van der Waals surface area (Å²) >= 11 is 0. The molecule has 2 aromatic rings. The fourth-order valence-electron chi connectivity index (χ4n) is 1.93. The molecular weight excluding hydrogens is 280 g/mol. The standard InChI is InChI=1S/C16H22N4O2/c1-3-12-8-19-16(17)20-15(12)18-9-13(21)10-22-14-6-4-11(2)5-7-14/h4-8,13,21H,3,9-10H2,1-2H3,(H3,17,18,19,20)/t13-/m0/s1. The van der Waals surface area contributed by atoms with Crippen molar-refractivity contribution in [3.05, 3.63) is 41.6 Å². The topological polar surface area (TPSA) is 93.3 Å². The molecule has 0 radical (unpaired) electrons. The van der Waals surface area contributed by atoms with Crippen molar-refractivity contribution in [2.75, 3.05) is 24.2 Å². The third-order valence-electron chi connectivity index (χ3n) is 3.23.